The lowest BCUT2D eigenvalue weighted by atomic mass is 10.1. The Morgan fingerprint density at radius 3 is 1.42 bits per heavy atom. The summed E-state index contributed by atoms with van der Waals surface area (Å²) < 4.78 is 78.5. The third kappa shape index (κ3) is 15.9. The van der Waals surface area contributed by atoms with Crippen LogP contribution in [0.25, 0.3) is 0 Å². The maximum Gasteiger partial charge on any atom is 0.419 e. The fourth-order valence-corrected chi connectivity index (χ4v) is 5.66. The van der Waals surface area contributed by atoms with Crippen molar-refractivity contribution in [3.05, 3.63) is 172 Å². The lowest BCUT2D eigenvalue weighted by Crippen LogP contribution is -3.00. The van der Waals surface area contributed by atoms with Crippen molar-refractivity contribution in [2.45, 2.75) is 38.0 Å². The first kappa shape index (κ1) is 50.5. The minimum Gasteiger partial charge on any atom is -1.00 e. The van der Waals surface area contributed by atoms with E-state index < -0.39 is 23.5 Å². The smallest absolute Gasteiger partial charge is 0.419 e. The normalized spacial score (nSPS) is 10.8. The number of nitrogens with two attached hydrogens (primary N) is 1. The van der Waals surface area contributed by atoms with Crippen molar-refractivity contribution in [2.24, 2.45) is 0 Å². The van der Waals surface area contributed by atoms with Crippen molar-refractivity contribution in [3.8, 4) is 0 Å². The molecule has 62 heavy (non-hydrogen) atoms. The molecule has 2 heterocycles. The van der Waals surface area contributed by atoms with Crippen molar-refractivity contribution >= 4 is 40.7 Å². The predicted octanol–water partition coefficient (Wildman–Crippen LogP) is 6.63. The highest BCUT2D eigenvalue weighted by molar-refractivity contribution is 6.28. The second kappa shape index (κ2) is 23.4. The maximum atomic E-state index is 13.4. The van der Waals surface area contributed by atoms with Gasteiger partial charge < -0.3 is 44.8 Å². The van der Waals surface area contributed by atoms with Gasteiger partial charge in [-0.15, -0.1) is 0 Å². The zero-order valence-electron chi connectivity index (χ0n) is 34.0. The zero-order chi connectivity index (χ0) is 44.7. The van der Waals surface area contributed by atoms with Gasteiger partial charge in [-0.3, -0.25) is 9.59 Å². The fraction of sp³-hybridized carbons (Fsp3) is 0.227. The quantitative estimate of drug-likeness (QED) is 0.0678. The predicted molar refractivity (Wildman–Crippen MR) is 223 cm³/mol. The largest absolute Gasteiger partial charge is 1.00 e. The van der Waals surface area contributed by atoms with Crippen LogP contribution in [0.15, 0.2) is 122 Å². The van der Waals surface area contributed by atoms with Gasteiger partial charge in [-0.1, -0.05) is 60.7 Å². The van der Waals surface area contributed by atoms with Crippen molar-refractivity contribution in [1.29, 1.82) is 0 Å². The summed E-state index contributed by atoms with van der Waals surface area (Å²) in [5.74, 6) is -0.0803. The summed E-state index contributed by atoms with van der Waals surface area (Å²) in [6, 6.07) is 32.0. The molecule has 0 aliphatic carbocycles. The minimum atomic E-state index is -4.53. The summed E-state index contributed by atoms with van der Waals surface area (Å²) in [4.78, 5) is 41.3. The summed E-state index contributed by atoms with van der Waals surface area (Å²) in [6.45, 7) is 0. The number of nitrogens with one attached hydrogen (secondary N) is 1. The molecule has 0 spiro atoms. The monoisotopic (exact) mass is 991 g/mol. The SMILES string of the molecule is CN(C)C(=O)c1ccc(N)cc1.CN(C)C(=O)c1ccc(Nc2ncc(C(F)(F)F)c(CCc3ccccc3)n2)cc1.FC(F)(F)c1cnc(Cl)nc1CCc1ccccc1.[I-]. The third-order valence-electron chi connectivity index (χ3n) is 8.66. The number of rotatable bonds is 10. The van der Waals surface area contributed by atoms with E-state index in [1.54, 1.807) is 76.7 Å². The molecule has 4 aromatic carbocycles. The number of anilines is 3. The molecule has 6 rings (SSSR count). The number of halogens is 8. The number of carbonyl (C=O) groups is 2. The number of benzene rings is 4. The summed E-state index contributed by atoms with van der Waals surface area (Å²) >= 11 is 5.56. The van der Waals surface area contributed by atoms with Crippen LogP contribution in [-0.4, -0.2) is 69.7 Å². The van der Waals surface area contributed by atoms with Gasteiger partial charge in [0.25, 0.3) is 11.8 Å². The van der Waals surface area contributed by atoms with E-state index in [0.29, 0.717) is 35.3 Å². The molecule has 0 saturated carbocycles. The lowest BCUT2D eigenvalue weighted by molar-refractivity contribution is -0.139. The Balaban J connectivity index is 0.000000273. The van der Waals surface area contributed by atoms with Crippen LogP contribution in [0.1, 0.15) is 54.4 Å². The molecule has 0 bridgehead atoms. The number of aryl methyl sites for hydroxylation is 4. The van der Waals surface area contributed by atoms with Crippen LogP contribution < -0.4 is 35.0 Å². The van der Waals surface area contributed by atoms with E-state index in [0.717, 1.165) is 23.5 Å². The minimum absolute atomic E-state index is 0. The van der Waals surface area contributed by atoms with Crippen LogP contribution >= 0.6 is 11.6 Å². The van der Waals surface area contributed by atoms with E-state index in [1.165, 1.54) is 9.80 Å². The number of nitrogens with zero attached hydrogens (tertiary/aromatic N) is 6. The Morgan fingerprint density at radius 1 is 0.597 bits per heavy atom. The number of amides is 2. The fourth-order valence-electron chi connectivity index (χ4n) is 5.51. The summed E-state index contributed by atoms with van der Waals surface area (Å²) in [6.07, 6.45) is -6.25. The highest BCUT2D eigenvalue weighted by atomic mass is 127. The molecule has 0 saturated heterocycles. The van der Waals surface area contributed by atoms with Gasteiger partial charge >= 0.3 is 12.4 Å². The topological polar surface area (TPSA) is 130 Å². The van der Waals surface area contributed by atoms with E-state index in [9.17, 15) is 35.9 Å². The van der Waals surface area contributed by atoms with Crippen LogP contribution in [0.5, 0.6) is 0 Å². The van der Waals surface area contributed by atoms with Gasteiger partial charge in [-0.2, -0.15) is 26.3 Å². The molecule has 2 amide bonds. The molecule has 3 N–H and O–H groups in total. The van der Waals surface area contributed by atoms with E-state index in [4.69, 9.17) is 17.3 Å². The number of aromatic nitrogens is 4. The number of nitrogen functional groups attached to an aromatic ring is 1. The average Bonchev–Trinajstić information content (AvgIpc) is 3.22. The van der Waals surface area contributed by atoms with Gasteiger partial charge in [0.05, 0.1) is 22.5 Å². The molecule has 0 unspecified atom stereocenters. The first-order valence-electron chi connectivity index (χ1n) is 18.6. The van der Waals surface area contributed by atoms with Crippen LogP contribution in [-0.2, 0) is 38.0 Å². The van der Waals surface area contributed by atoms with Gasteiger partial charge in [0, 0.05) is 63.1 Å². The number of carbonyl (C=O) groups excluding carboxylic acids is 2. The van der Waals surface area contributed by atoms with Gasteiger partial charge in [0.15, 0.2) is 0 Å². The van der Waals surface area contributed by atoms with Crippen molar-refractivity contribution in [1.82, 2.24) is 29.7 Å². The molecule has 328 valence electrons. The molecule has 0 radical (unpaired) electrons. The van der Waals surface area contributed by atoms with Crippen LogP contribution in [0.4, 0.5) is 43.7 Å². The van der Waals surface area contributed by atoms with Crippen molar-refractivity contribution in [3.63, 3.8) is 0 Å². The summed E-state index contributed by atoms with van der Waals surface area (Å²) in [5.41, 5.74) is 7.96. The Bertz CT molecular complexity index is 2340. The average molecular weight is 992 g/mol. The number of hydrogen-bond acceptors (Lipinski definition) is 8. The molecule has 6 aromatic rings. The highest BCUT2D eigenvalue weighted by Crippen LogP contribution is 2.33. The molecule has 10 nitrogen and oxygen atoms in total. The van der Waals surface area contributed by atoms with Crippen LogP contribution in [0, 0.1) is 0 Å². The Morgan fingerprint density at radius 2 is 1.00 bits per heavy atom. The molecular formula is C44H43ClF6IN8O2-. The highest BCUT2D eigenvalue weighted by Gasteiger charge is 2.35. The van der Waals surface area contributed by atoms with E-state index in [1.807, 2.05) is 60.7 Å². The van der Waals surface area contributed by atoms with E-state index in [2.05, 4.69) is 25.3 Å². The summed E-state index contributed by atoms with van der Waals surface area (Å²) in [5, 5.41) is 2.73. The Hall–Kier alpha value is -5.82. The molecule has 0 aliphatic rings. The summed E-state index contributed by atoms with van der Waals surface area (Å²) in [7, 11) is 6.75. The standard InChI is InChI=1S/C22H21F3N4O.C13H10ClF3N2.C9H12N2O.HI/c1-29(2)20(30)16-9-11-17(12-10-16)27-21-26-14-18(22(23,24)25)19(28-21)13-8-15-6-4-3-5-7-15;14-12-18-8-10(13(15,16)17)11(19-12)7-6-9-4-2-1-3-5-9;1-11(2)9(12)7-3-5-8(10)6-4-7;/h3-7,9-12,14H,8,13H2,1-2H3,(H,26,27,28);1-5,8H,6-7H2;3-6H,10H2,1-2H3;1H/p-1. The molecular weight excluding hydrogens is 949 g/mol. The Kier molecular flexibility index (Phi) is 19.1. The molecule has 0 fully saturated rings. The zero-order valence-corrected chi connectivity index (χ0v) is 36.9. The van der Waals surface area contributed by atoms with Gasteiger partial charge in [-0.05, 0) is 96.9 Å². The van der Waals surface area contributed by atoms with E-state index >= 15 is 0 Å². The lowest BCUT2D eigenvalue weighted by Gasteiger charge is -2.14. The van der Waals surface area contributed by atoms with Crippen molar-refractivity contribution < 1.29 is 59.9 Å². The van der Waals surface area contributed by atoms with Gasteiger partial charge in [0.1, 0.15) is 0 Å². The van der Waals surface area contributed by atoms with Crippen molar-refractivity contribution in [2.75, 3.05) is 39.2 Å². The van der Waals surface area contributed by atoms with E-state index in [-0.39, 0.29) is 71.3 Å². The second-order valence-electron chi connectivity index (χ2n) is 13.7. The first-order valence-corrected chi connectivity index (χ1v) is 18.9. The third-order valence-corrected chi connectivity index (χ3v) is 8.84. The van der Waals surface area contributed by atoms with Gasteiger partial charge in [-0.25, -0.2) is 19.9 Å². The van der Waals surface area contributed by atoms with Crippen LogP contribution in [0.2, 0.25) is 5.28 Å². The van der Waals surface area contributed by atoms with Crippen LogP contribution in [0.3, 0.4) is 0 Å². The molecule has 2 aromatic heterocycles. The molecule has 0 aliphatic heterocycles. The Labute approximate surface area is 377 Å². The number of hydrogen-bond donors (Lipinski definition) is 2. The second-order valence-corrected chi connectivity index (χ2v) is 14.1. The molecule has 0 atom stereocenters. The number of alkyl halides is 6. The molecule has 18 heteroatoms. The van der Waals surface area contributed by atoms with Gasteiger partial charge in [0.2, 0.25) is 11.2 Å². The maximum absolute atomic E-state index is 13.4. The first-order chi connectivity index (χ1) is 28.8.